The SMILES string of the molecule is NCC1(CC(=O)N2CCC(O)C2)CCC1. The minimum atomic E-state index is -0.316. The van der Waals surface area contributed by atoms with Crippen molar-refractivity contribution in [3.05, 3.63) is 0 Å². The summed E-state index contributed by atoms with van der Waals surface area (Å²) in [5.41, 5.74) is 5.81. The first-order valence-corrected chi connectivity index (χ1v) is 5.81. The topological polar surface area (TPSA) is 66.6 Å². The summed E-state index contributed by atoms with van der Waals surface area (Å²) in [7, 11) is 0. The van der Waals surface area contributed by atoms with Crippen LogP contribution < -0.4 is 5.73 Å². The van der Waals surface area contributed by atoms with Crippen molar-refractivity contribution in [1.82, 2.24) is 4.90 Å². The van der Waals surface area contributed by atoms with Gasteiger partial charge >= 0.3 is 0 Å². The number of hydrogen-bond acceptors (Lipinski definition) is 3. The van der Waals surface area contributed by atoms with E-state index in [4.69, 9.17) is 5.73 Å². The van der Waals surface area contributed by atoms with Gasteiger partial charge in [0.2, 0.25) is 5.91 Å². The number of hydrogen-bond donors (Lipinski definition) is 2. The standard InChI is InChI=1S/C11H20N2O2/c12-8-11(3-1-4-11)6-10(15)13-5-2-9(14)7-13/h9,14H,1-8,12H2. The maximum atomic E-state index is 11.9. The van der Waals surface area contributed by atoms with Crippen molar-refractivity contribution in [3.63, 3.8) is 0 Å². The van der Waals surface area contributed by atoms with Crippen molar-refractivity contribution in [1.29, 1.82) is 0 Å². The molecular weight excluding hydrogens is 192 g/mol. The molecule has 0 spiro atoms. The highest BCUT2D eigenvalue weighted by Gasteiger charge is 2.39. The Bertz CT molecular complexity index is 245. The Balaban J connectivity index is 1.86. The van der Waals surface area contributed by atoms with Crippen LogP contribution in [0.3, 0.4) is 0 Å². The molecule has 0 aromatic heterocycles. The highest BCUT2D eigenvalue weighted by molar-refractivity contribution is 5.77. The van der Waals surface area contributed by atoms with Gasteiger partial charge in [0.1, 0.15) is 0 Å². The van der Waals surface area contributed by atoms with E-state index in [1.807, 2.05) is 0 Å². The minimum Gasteiger partial charge on any atom is -0.391 e. The zero-order chi connectivity index (χ0) is 10.9. The number of rotatable bonds is 3. The average Bonchev–Trinajstić information content (AvgIpc) is 2.58. The van der Waals surface area contributed by atoms with Crippen molar-refractivity contribution in [3.8, 4) is 0 Å². The van der Waals surface area contributed by atoms with Gasteiger partial charge in [-0.05, 0) is 31.2 Å². The van der Waals surface area contributed by atoms with Crippen LogP contribution in [0.4, 0.5) is 0 Å². The van der Waals surface area contributed by atoms with E-state index in [-0.39, 0.29) is 17.4 Å². The van der Waals surface area contributed by atoms with Gasteiger partial charge in [-0.1, -0.05) is 6.42 Å². The Morgan fingerprint density at radius 2 is 2.27 bits per heavy atom. The van der Waals surface area contributed by atoms with Crippen molar-refractivity contribution in [2.24, 2.45) is 11.1 Å². The van der Waals surface area contributed by atoms with E-state index < -0.39 is 0 Å². The number of carbonyl (C=O) groups is 1. The van der Waals surface area contributed by atoms with Crippen LogP contribution in [0.1, 0.15) is 32.1 Å². The van der Waals surface area contributed by atoms with Gasteiger partial charge < -0.3 is 15.7 Å². The van der Waals surface area contributed by atoms with Gasteiger partial charge in [0.25, 0.3) is 0 Å². The summed E-state index contributed by atoms with van der Waals surface area (Å²) in [6.07, 6.45) is 4.37. The molecule has 15 heavy (non-hydrogen) atoms. The zero-order valence-corrected chi connectivity index (χ0v) is 9.11. The highest BCUT2D eigenvalue weighted by atomic mass is 16.3. The van der Waals surface area contributed by atoms with Crippen LogP contribution in [-0.2, 0) is 4.79 Å². The maximum absolute atomic E-state index is 11.9. The summed E-state index contributed by atoms with van der Waals surface area (Å²) in [6.45, 7) is 1.84. The van der Waals surface area contributed by atoms with E-state index in [1.165, 1.54) is 6.42 Å². The highest BCUT2D eigenvalue weighted by Crippen LogP contribution is 2.43. The second-order valence-corrected chi connectivity index (χ2v) is 5.02. The molecule has 4 nitrogen and oxygen atoms in total. The van der Waals surface area contributed by atoms with Gasteiger partial charge in [-0.2, -0.15) is 0 Å². The molecule has 1 unspecified atom stereocenters. The largest absolute Gasteiger partial charge is 0.391 e. The quantitative estimate of drug-likeness (QED) is 0.697. The lowest BCUT2D eigenvalue weighted by Gasteiger charge is -2.41. The third-order valence-corrected chi connectivity index (χ3v) is 3.89. The molecule has 0 aromatic rings. The second kappa shape index (κ2) is 4.10. The zero-order valence-electron chi connectivity index (χ0n) is 9.11. The number of nitrogens with two attached hydrogens (primary N) is 1. The predicted octanol–water partition coefficient (Wildman–Crippen LogP) is 0.0987. The summed E-state index contributed by atoms with van der Waals surface area (Å²) in [6, 6.07) is 0. The second-order valence-electron chi connectivity index (χ2n) is 5.02. The van der Waals surface area contributed by atoms with Crippen LogP contribution in [0.2, 0.25) is 0 Å². The average molecular weight is 212 g/mol. The van der Waals surface area contributed by atoms with Crippen molar-refractivity contribution < 1.29 is 9.90 Å². The van der Waals surface area contributed by atoms with Crippen LogP contribution in [-0.4, -0.2) is 41.7 Å². The maximum Gasteiger partial charge on any atom is 0.223 e. The summed E-state index contributed by atoms with van der Waals surface area (Å²) in [5.74, 6) is 0.178. The van der Waals surface area contributed by atoms with Gasteiger partial charge in [-0.3, -0.25) is 4.79 Å². The van der Waals surface area contributed by atoms with Crippen molar-refractivity contribution >= 4 is 5.91 Å². The fourth-order valence-electron chi connectivity index (χ4n) is 2.53. The Kier molecular flexibility index (Phi) is 2.98. The number of β-amino-alcohol motifs (C(OH)–C–C–N with tert-alkyl or cyclic N) is 1. The molecule has 2 aliphatic rings. The van der Waals surface area contributed by atoms with Gasteiger partial charge in [0.05, 0.1) is 6.10 Å². The van der Waals surface area contributed by atoms with Gasteiger partial charge in [0.15, 0.2) is 0 Å². The lowest BCUT2D eigenvalue weighted by molar-refractivity contribution is -0.134. The lowest BCUT2D eigenvalue weighted by atomic mass is 9.66. The molecule has 2 rings (SSSR count). The molecule has 1 saturated heterocycles. The van der Waals surface area contributed by atoms with Gasteiger partial charge in [0, 0.05) is 19.5 Å². The van der Waals surface area contributed by atoms with Crippen LogP contribution in [0, 0.1) is 5.41 Å². The molecule has 2 fully saturated rings. The van der Waals surface area contributed by atoms with Crippen molar-refractivity contribution in [2.45, 2.75) is 38.2 Å². The van der Waals surface area contributed by atoms with E-state index in [0.717, 1.165) is 19.3 Å². The van der Waals surface area contributed by atoms with E-state index in [1.54, 1.807) is 4.90 Å². The molecule has 1 amide bonds. The van der Waals surface area contributed by atoms with Crippen LogP contribution >= 0.6 is 0 Å². The monoisotopic (exact) mass is 212 g/mol. The van der Waals surface area contributed by atoms with Crippen LogP contribution in [0.5, 0.6) is 0 Å². The van der Waals surface area contributed by atoms with Crippen molar-refractivity contribution in [2.75, 3.05) is 19.6 Å². The molecule has 0 radical (unpaired) electrons. The first kappa shape index (κ1) is 10.9. The number of aliphatic hydroxyl groups excluding tert-OH is 1. The summed E-state index contributed by atoms with van der Waals surface area (Å²) in [4.78, 5) is 13.7. The number of likely N-dealkylation sites (tertiary alicyclic amines) is 1. The number of amides is 1. The molecule has 1 atom stereocenters. The van der Waals surface area contributed by atoms with E-state index in [0.29, 0.717) is 26.1 Å². The fourth-order valence-corrected chi connectivity index (χ4v) is 2.53. The molecule has 0 aromatic carbocycles. The molecule has 1 heterocycles. The Morgan fingerprint density at radius 3 is 2.67 bits per heavy atom. The molecule has 0 bridgehead atoms. The normalized spacial score (nSPS) is 28.9. The van der Waals surface area contributed by atoms with E-state index in [9.17, 15) is 9.90 Å². The molecule has 4 heteroatoms. The first-order chi connectivity index (χ1) is 7.15. The van der Waals surface area contributed by atoms with Gasteiger partial charge in [-0.25, -0.2) is 0 Å². The third kappa shape index (κ3) is 2.16. The molecule has 3 N–H and O–H groups in total. The molecule has 86 valence electrons. The minimum absolute atomic E-state index is 0.0879. The molecule has 1 aliphatic carbocycles. The van der Waals surface area contributed by atoms with Gasteiger partial charge in [-0.15, -0.1) is 0 Å². The predicted molar refractivity (Wildman–Crippen MR) is 57.2 cm³/mol. The number of carbonyl (C=O) groups excluding carboxylic acids is 1. The molecule has 1 aliphatic heterocycles. The smallest absolute Gasteiger partial charge is 0.223 e. The Morgan fingerprint density at radius 1 is 1.53 bits per heavy atom. The summed E-state index contributed by atoms with van der Waals surface area (Å²) < 4.78 is 0. The number of aliphatic hydroxyl groups is 1. The Hall–Kier alpha value is -0.610. The van der Waals surface area contributed by atoms with E-state index in [2.05, 4.69) is 0 Å². The third-order valence-electron chi connectivity index (χ3n) is 3.89. The Labute approximate surface area is 90.4 Å². The van der Waals surface area contributed by atoms with E-state index >= 15 is 0 Å². The fraction of sp³-hybridized carbons (Fsp3) is 0.909. The van der Waals surface area contributed by atoms with Crippen LogP contribution in [0.25, 0.3) is 0 Å². The number of nitrogens with zero attached hydrogens (tertiary/aromatic N) is 1. The molecular formula is C11H20N2O2. The first-order valence-electron chi connectivity index (χ1n) is 5.81. The summed E-state index contributed by atoms with van der Waals surface area (Å²) in [5, 5.41) is 9.36. The summed E-state index contributed by atoms with van der Waals surface area (Å²) >= 11 is 0. The lowest BCUT2D eigenvalue weighted by Crippen LogP contribution is -2.42. The van der Waals surface area contributed by atoms with Crippen LogP contribution in [0.15, 0.2) is 0 Å². The molecule has 1 saturated carbocycles.